The molecule has 1 aliphatic carbocycles. The van der Waals surface area contributed by atoms with E-state index in [1.807, 2.05) is 20.8 Å². The topological polar surface area (TPSA) is 120 Å². The summed E-state index contributed by atoms with van der Waals surface area (Å²) >= 11 is 0. The maximum absolute atomic E-state index is 13.6. The van der Waals surface area contributed by atoms with Crippen molar-refractivity contribution in [3.8, 4) is 0 Å². The number of hydrogen-bond donors (Lipinski definition) is 2. The Morgan fingerprint density at radius 3 is 2.61 bits per heavy atom. The van der Waals surface area contributed by atoms with E-state index in [2.05, 4.69) is 24.1 Å². The first kappa shape index (κ1) is 33.4. The van der Waals surface area contributed by atoms with Gasteiger partial charge in [0.25, 0.3) is 0 Å². The van der Waals surface area contributed by atoms with Crippen LogP contribution in [0.2, 0.25) is 0 Å². The first-order chi connectivity index (χ1) is 20.8. The summed E-state index contributed by atoms with van der Waals surface area (Å²) < 4.78 is 19.2. The number of rotatable bonds is 10. The molecule has 0 bridgehead atoms. The van der Waals surface area contributed by atoms with Gasteiger partial charge in [0, 0.05) is 44.0 Å². The number of hydrogen-bond acceptors (Lipinski definition) is 8. The van der Waals surface area contributed by atoms with E-state index in [4.69, 9.17) is 19.9 Å². The monoisotopic (exact) mass is 615 g/mol. The predicted octanol–water partition coefficient (Wildman–Crippen LogP) is 4.86. The number of ether oxygens (including phenoxy) is 3. The number of nitrogens with zero attached hydrogens (tertiary/aromatic N) is 1. The van der Waals surface area contributed by atoms with Crippen molar-refractivity contribution >= 4 is 17.8 Å². The maximum atomic E-state index is 13.6. The Labute approximate surface area is 264 Å². The van der Waals surface area contributed by atoms with Crippen molar-refractivity contribution in [2.24, 2.45) is 35.3 Å². The minimum atomic E-state index is -0.920. The van der Waals surface area contributed by atoms with Crippen LogP contribution >= 0.6 is 0 Å². The highest BCUT2D eigenvalue weighted by molar-refractivity contribution is 5.88. The molecule has 44 heavy (non-hydrogen) atoms. The fourth-order valence-corrected chi connectivity index (χ4v) is 8.61. The van der Waals surface area contributed by atoms with E-state index in [9.17, 15) is 14.4 Å². The largest absolute Gasteiger partial charge is 0.462 e. The number of carbonyl (C=O) groups excluding carboxylic acids is 3. The minimum absolute atomic E-state index is 0.0683. The molecule has 0 aromatic rings. The molecule has 5 rings (SSSR count). The van der Waals surface area contributed by atoms with Crippen LogP contribution in [-0.4, -0.2) is 71.5 Å². The van der Waals surface area contributed by atoms with Crippen LogP contribution in [0, 0.1) is 29.6 Å². The lowest BCUT2D eigenvalue weighted by molar-refractivity contribution is -0.207. The molecule has 4 aliphatic heterocycles. The first-order valence-electron chi connectivity index (χ1n) is 17.3. The van der Waals surface area contributed by atoms with Crippen LogP contribution in [-0.2, 0) is 28.6 Å². The Bertz CT molecular complexity index is 1110. The molecule has 248 valence electrons. The molecule has 9 nitrogen and oxygen atoms in total. The number of likely N-dealkylation sites (tertiary alicyclic amines) is 1. The van der Waals surface area contributed by atoms with Crippen molar-refractivity contribution in [2.45, 2.75) is 148 Å². The highest BCUT2D eigenvalue weighted by atomic mass is 16.6. The van der Waals surface area contributed by atoms with E-state index < -0.39 is 11.2 Å². The molecule has 0 spiro atoms. The normalized spacial score (nSPS) is 37.6. The smallest absolute Gasteiger partial charge is 0.334 e. The standard InChI is InChI=1S/C35H57N3O6/c1-7-22(4)33(41)44-34(5,6)35(19-25-14-23-9-11-32(40)42-28(23)17-29(25)43-35)18-24-15-30(36)37-20-26(24)16-31(39)38-13-12-27(38)10-8-21(2)3/h7,21,23-30,37H,8-20,36H2,1-6H3. The van der Waals surface area contributed by atoms with Gasteiger partial charge < -0.3 is 30.2 Å². The zero-order chi connectivity index (χ0) is 31.8. The molecule has 9 unspecified atom stereocenters. The minimum Gasteiger partial charge on any atom is -0.462 e. The molecule has 0 radical (unpaired) electrons. The maximum Gasteiger partial charge on any atom is 0.334 e. The fourth-order valence-electron chi connectivity index (χ4n) is 8.61. The Balaban J connectivity index is 1.37. The predicted molar refractivity (Wildman–Crippen MR) is 168 cm³/mol. The van der Waals surface area contributed by atoms with Gasteiger partial charge in [-0.15, -0.1) is 0 Å². The van der Waals surface area contributed by atoms with Crippen molar-refractivity contribution < 1.29 is 28.6 Å². The summed E-state index contributed by atoms with van der Waals surface area (Å²) in [6.07, 6.45) is 10.4. The third kappa shape index (κ3) is 7.05. The van der Waals surface area contributed by atoms with Crippen LogP contribution in [0.15, 0.2) is 11.6 Å². The number of esters is 2. The summed E-state index contributed by atoms with van der Waals surface area (Å²) in [5.74, 6) is 1.32. The van der Waals surface area contributed by atoms with Crippen molar-refractivity contribution in [2.75, 3.05) is 13.1 Å². The third-order valence-corrected chi connectivity index (χ3v) is 11.7. The average Bonchev–Trinajstić information content (AvgIpc) is 3.30. The summed E-state index contributed by atoms with van der Waals surface area (Å²) in [6, 6.07) is 0.362. The van der Waals surface area contributed by atoms with Crippen LogP contribution < -0.4 is 11.1 Å². The zero-order valence-corrected chi connectivity index (χ0v) is 27.9. The Hall–Kier alpha value is -1.97. The lowest BCUT2D eigenvalue weighted by Crippen LogP contribution is -2.58. The second-order valence-corrected chi connectivity index (χ2v) is 15.5. The molecule has 0 aromatic heterocycles. The molecule has 1 saturated carbocycles. The van der Waals surface area contributed by atoms with Crippen molar-refractivity contribution in [3.63, 3.8) is 0 Å². The molecule has 4 saturated heterocycles. The number of nitrogens with two attached hydrogens (primary N) is 1. The number of nitrogens with one attached hydrogen (secondary N) is 1. The Morgan fingerprint density at radius 1 is 1.16 bits per heavy atom. The second kappa shape index (κ2) is 13.4. The molecule has 0 aromatic carbocycles. The fraction of sp³-hybridized carbons (Fsp3) is 0.857. The van der Waals surface area contributed by atoms with E-state index in [0.29, 0.717) is 61.6 Å². The summed E-state index contributed by atoms with van der Waals surface area (Å²) in [5.41, 5.74) is 5.39. The van der Waals surface area contributed by atoms with Crippen LogP contribution in [0.5, 0.6) is 0 Å². The quantitative estimate of drug-likeness (QED) is 0.264. The van der Waals surface area contributed by atoms with Gasteiger partial charge in [-0.3, -0.25) is 9.59 Å². The lowest BCUT2D eigenvalue weighted by atomic mass is 9.67. The molecule has 1 amide bonds. The Kier molecular flexibility index (Phi) is 10.2. The van der Waals surface area contributed by atoms with Gasteiger partial charge in [0.2, 0.25) is 5.91 Å². The molecule has 9 atom stereocenters. The van der Waals surface area contributed by atoms with Gasteiger partial charge in [0.05, 0.1) is 12.3 Å². The van der Waals surface area contributed by atoms with Crippen LogP contribution in [0.1, 0.15) is 112 Å². The summed E-state index contributed by atoms with van der Waals surface area (Å²) in [6.45, 7) is 13.6. The lowest BCUT2D eigenvalue weighted by Gasteiger charge is -2.48. The third-order valence-electron chi connectivity index (χ3n) is 11.7. The van der Waals surface area contributed by atoms with Gasteiger partial charge in [0.15, 0.2) is 0 Å². The van der Waals surface area contributed by atoms with E-state index in [-0.39, 0.29) is 48.1 Å². The van der Waals surface area contributed by atoms with E-state index in [1.165, 1.54) is 0 Å². The van der Waals surface area contributed by atoms with E-state index >= 15 is 0 Å². The number of amides is 1. The second-order valence-electron chi connectivity index (χ2n) is 15.5. The molecule has 9 heteroatoms. The molecule has 4 heterocycles. The van der Waals surface area contributed by atoms with Gasteiger partial charge in [0.1, 0.15) is 17.3 Å². The molecular weight excluding hydrogens is 558 g/mol. The van der Waals surface area contributed by atoms with Gasteiger partial charge in [-0.25, -0.2) is 4.79 Å². The highest BCUT2D eigenvalue weighted by Gasteiger charge is 2.60. The van der Waals surface area contributed by atoms with Crippen LogP contribution in [0.25, 0.3) is 0 Å². The zero-order valence-electron chi connectivity index (χ0n) is 27.9. The summed E-state index contributed by atoms with van der Waals surface area (Å²) in [5, 5.41) is 3.44. The molecule has 5 fully saturated rings. The van der Waals surface area contributed by atoms with Crippen LogP contribution in [0.4, 0.5) is 0 Å². The SMILES string of the molecule is CC=C(C)C(=O)OC(C)(C)C1(CC2CC(N)NCC2CC(=O)N2CCC2CCC(C)C)CC2CC3CCC(=O)OC3CC2O1. The van der Waals surface area contributed by atoms with Crippen LogP contribution in [0.3, 0.4) is 0 Å². The van der Waals surface area contributed by atoms with Crippen molar-refractivity contribution in [1.29, 1.82) is 0 Å². The number of fused-ring (bicyclic) bond motifs is 2. The van der Waals surface area contributed by atoms with E-state index in [0.717, 1.165) is 51.5 Å². The summed E-state index contributed by atoms with van der Waals surface area (Å²) in [4.78, 5) is 41.0. The Morgan fingerprint density at radius 2 is 1.93 bits per heavy atom. The number of allylic oxidation sites excluding steroid dienone is 1. The van der Waals surface area contributed by atoms with Gasteiger partial charge >= 0.3 is 11.9 Å². The molecule has 5 aliphatic rings. The van der Waals surface area contributed by atoms with Crippen molar-refractivity contribution in [3.05, 3.63) is 11.6 Å². The number of carbonyl (C=O) groups is 3. The average molecular weight is 616 g/mol. The first-order valence-corrected chi connectivity index (χ1v) is 17.3. The van der Waals surface area contributed by atoms with E-state index in [1.54, 1.807) is 13.0 Å². The number of piperidine rings is 1. The van der Waals surface area contributed by atoms with Gasteiger partial charge in [-0.05, 0) is 109 Å². The summed E-state index contributed by atoms with van der Waals surface area (Å²) in [7, 11) is 0. The van der Waals surface area contributed by atoms with Gasteiger partial charge in [-0.1, -0.05) is 19.9 Å². The van der Waals surface area contributed by atoms with Gasteiger partial charge in [-0.2, -0.15) is 0 Å². The van der Waals surface area contributed by atoms with Crippen molar-refractivity contribution in [1.82, 2.24) is 10.2 Å². The highest BCUT2D eigenvalue weighted by Crippen LogP contribution is 2.55. The molecular formula is C35H57N3O6. The molecule has 3 N–H and O–H groups in total.